The number of hydrazone groups is 1. The first-order chi connectivity index (χ1) is 10.6. The second-order valence-electron chi connectivity index (χ2n) is 5.13. The zero-order valence-corrected chi connectivity index (χ0v) is 14.4. The summed E-state index contributed by atoms with van der Waals surface area (Å²) in [5, 5.41) is 4.40. The Kier molecular flexibility index (Phi) is 5.78. The Bertz CT molecular complexity index is 673. The molecule has 0 heterocycles. The fourth-order valence-corrected chi connectivity index (χ4v) is 2.20. The Morgan fingerprint density at radius 3 is 2.32 bits per heavy atom. The van der Waals surface area contributed by atoms with Gasteiger partial charge in [0.15, 0.2) is 0 Å². The lowest BCUT2D eigenvalue weighted by molar-refractivity contribution is 1.08. The first-order valence-electron chi connectivity index (χ1n) is 7.11. The van der Waals surface area contributed by atoms with E-state index in [-0.39, 0.29) is 0 Å². The highest BCUT2D eigenvalue weighted by atomic mass is 79.9. The van der Waals surface area contributed by atoms with Crippen molar-refractivity contribution in [2.75, 3.05) is 5.43 Å². The molecule has 0 aliphatic carbocycles. The maximum atomic E-state index is 6.20. The number of nitrogens with two attached hydrogens (primary N) is 1. The average Bonchev–Trinajstić information content (AvgIpc) is 2.54. The lowest BCUT2D eigenvalue weighted by Crippen LogP contribution is -2.10. The van der Waals surface area contributed by atoms with Gasteiger partial charge in [-0.05, 0) is 49.2 Å². The molecule has 0 unspecified atom stereocenters. The van der Waals surface area contributed by atoms with Crippen LogP contribution in [0.15, 0.2) is 75.4 Å². The number of halogens is 1. The van der Waals surface area contributed by atoms with Crippen LogP contribution < -0.4 is 11.2 Å². The monoisotopic (exact) mass is 357 g/mol. The quantitative estimate of drug-likeness (QED) is 0.601. The van der Waals surface area contributed by atoms with Crippen molar-refractivity contribution in [3.63, 3.8) is 0 Å². The van der Waals surface area contributed by atoms with Crippen LogP contribution in [0.2, 0.25) is 0 Å². The van der Waals surface area contributed by atoms with Gasteiger partial charge < -0.3 is 5.73 Å². The Balaban J connectivity index is 2.06. The molecular weight excluding hydrogens is 338 g/mol. The minimum Gasteiger partial charge on any atom is -0.401 e. The van der Waals surface area contributed by atoms with Gasteiger partial charge in [0.05, 0.1) is 11.4 Å². The number of rotatable bonds is 5. The zero-order valence-electron chi connectivity index (χ0n) is 12.8. The molecule has 0 radical (unpaired) electrons. The van der Waals surface area contributed by atoms with Crippen LogP contribution in [0.3, 0.4) is 0 Å². The topological polar surface area (TPSA) is 50.4 Å². The summed E-state index contributed by atoms with van der Waals surface area (Å²) in [5.41, 5.74) is 14.1. The predicted molar refractivity (Wildman–Crippen MR) is 97.9 cm³/mol. The summed E-state index contributed by atoms with van der Waals surface area (Å²) in [7, 11) is 0. The molecule has 2 aromatic rings. The third-order valence-electron chi connectivity index (χ3n) is 3.46. The molecule has 0 amide bonds. The van der Waals surface area contributed by atoms with Crippen LogP contribution in [-0.4, -0.2) is 5.71 Å². The Morgan fingerprint density at radius 1 is 1.05 bits per heavy atom. The van der Waals surface area contributed by atoms with E-state index in [1.807, 2.05) is 56.3 Å². The fourth-order valence-electron chi connectivity index (χ4n) is 1.94. The fraction of sp³-hybridized carbons (Fsp3) is 0.167. The minimum absolute atomic E-state index is 0.734. The molecule has 0 atom stereocenters. The zero-order chi connectivity index (χ0) is 15.9. The molecule has 114 valence electrons. The van der Waals surface area contributed by atoms with Crippen molar-refractivity contribution in [1.82, 2.24) is 0 Å². The van der Waals surface area contributed by atoms with Gasteiger partial charge in [0.1, 0.15) is 0 Å². The molecule has 0 bridgehead atoms. The van der Waals surface area contributed by atoms with Crippen molar-refractivity contribution in [2.24, 2.45) is 10.8 Å². The Morgan fingerprint density at radius 2 is 1.68 bits per heavy atom. The molecule has 0 aliphatic heterocycles. The van der Waals surface area contributed by atoms with Gasteiger partial charge in [-0.2, -0.15) is 5.10 Å². The molecule has 4 heteroatoms. The number of allylic oxidation sites excluding steroid dienone is 2. The largest absolute Gasteiger partial charge is 0.401 e. The Hall–Kier alpha value is -2.07. The van der Waals surface area contributed by atoms with Crippen molar-refractivity contribution in [1.29, 1.82) is 0 Å². The smallest absolute Gasteiger partial charge is 0.0622 e. The number of hydrogen-bond acceptors (Lipinski definition) is 3. The summed E-state index contributed by atoms with van der Waals surface area (Å²) in [6.07, 6.45) is 0.734. The number of nitrogens with one attached hydrogen (secondary N) is 1. The van der Waals surface area contributed by atoms with E-state index in [9.17, 15) is 0 Å². The van der Waals surface area contributed by atoms with E-state index in [4.69, 9.17) is 5.73 Å². The normalized spacial score (nSPS) is 12.8. The summed E-state index contributed by atoms with van der Waals surface area (Å²) in [6.45, 7) is 3.96. The van der Waals surface area contributed by atoms with Crippen LogP contribution in [0.4, 0.5) is 5.69 Å². The molecule has 2 rings (SSSR count). The van der Waals surface area contributed by atoms with Gasteiger partial charge in [-0.25, -0.2) is 0 Å². The van der Waals surface area contributed by atoms with Gasteiger partial charge in [0.2, 0.25) is 0 Å². The highest BCUT2D eigenvalue weighted by molar-refractivity contribution is 9.10. The second-order valence-corrected chi connectivity index (χ2v) is 6.04. The summed E-state index contributed by atoms with van der Waals surface area (Å²) in [6, 6.07) is 18.1. The van der Waals surface area contributed by atoms with Gasteiger partial charge in [0.25, 0.3) is 0 Å². The van der Waals surface area contributed by atoms with Gasteiger partial charge in [0, 0.05) is 16.6 Å². The molecule has 0 aromatic heterocycles. The molecule has 0 spiro atoms. The van der Waals surface area contributed by atoms with E-state index in [1.54, 1.807) is 0 Å². The van der Waals surface area contributed by atoms with E-state index >= 15 is 0 Å². The number of anilines is 1. The van der Waals surface area contributed by atoms with E-state index in [2.05, 4.69) is 38.6 Å². The van der Waals surface area contributed by atoms with Crippen molar-refractivity contribution in [3.05, 3.63) is 75.9 Å². The van der Waals surface area contributed by atoms with Crippen molar-refractivity contribution >= 4 is 27.3 Å². The summed E-state index contributed by atoms with van der Waals surface area (Å²) in [4.78, 5) is 0. The van der Waals surface area contributed by atoms with Gasteiger partial charge >= 0.3 is 0 Å². The molecule has 2 aromatic carbocycles. The minimum atomic E-state index is 0.734. The molecule has 0 aliphatic rings. The molecule has 0 saturated heterocycles. The van der Waals surface area contributed by atoms with E-state index < -0.39 is 0 Å². The lowest BCUT2D eigenvalue weighted by atomic mass is 10.0. The van der Waals surface area contributed by atoms with Gasteiger partial charge in [-0.15, -0.1) is 0 Å². The second kappa shape index (κ2) is 7.80. The standard InChI is InChI=1S/C18H20BrN3/c1-13(18(20)12-15-6-4-3-5-7-15)14(2)21-22-17-10-8-16(19)9-11-17/h3-11,22H,12,20H2,1-2H3. The highest BCUT2D eigenvalue weighted by Gasteiger charge is 2.03. The van der Waals surface area contributed by atoms with Crippen LogP contribution in [0.25, 0.3) is 0 Å². The van der Waals surface area contributed by atoms with Crippen LogP contribution in [0.1, 0.15) is 19.4 Å². The molecule has 0 fully saturated rings. The van der Waals surface area contributed by atoms with Gasteiger partial charge in [-0.1, -0.05) is 46.3 Å². The first-order valence-corrected chi connectivity index (χ1v) is 7.91. The number of benzene rings is 2. The summed E-state index contributed by atoms with van der Waals surface area (Å²) >= 11 is 3.41. The first kappa shape index (κ1) is 16.3. The average molecular weight is 358 g/mol. The highest BCUT2D eigenvalue weighted by Crippen LogP contribution is 2.15. The third-order valence-corrected chi connectivity index (χ3v) is 3.99. The van der Waals surface area contributed by atoms with Crippen LogP contribution >= 0.6 is 15.9 Å². The number of nitrogens with zero attached hydrogens (tertiary/aromatic N) is 1. The molecule has 22 heavy (non-hydrogen) atoms. The van der Waals surface area contributed by atoms with E-state index in [0.29, 0.717) is 0 Å². The van der Waals surface area contributed by atoms with Crippen LogP contribution in [0.5, 0.6) is 0 Å². The maximum Gasteiger partial charge on any atom is 0.0622 e. The van der Waals surface area contributed by atoms with Crippen molar-refractivity contribution in [2.45, 2.75) is 20.3 Å². The molecule has 0 saturated carbocycles. The lowest BCUT2D eigenvalue weighted by Gasteiger charge is -2.09. The molecule has 3 nitrogen and oxygen atoms in total. The van der Waals surface area contributed by atoms with Crippen molar-refractivity contribution in [3.8, 4) is 0 Å². The number of hydrogen-bond donors (Lipinski definition) is 2. The van der Waals surface area contributed by atoms with E-state index in [1.165, 1.54) is 5.56 Å². The van der Waals surface area contributed by atoms with Crippen LogP contribution in [0, 0.1) is 0 Å². The Labute approximate surface area is 140 Å². The maximum absolute atomic E-state index is 6.20. The SMILES string of the molecule is CC(=NNc1ccc(Br)cc1)C(C)=C(N)Cc1ccccc1. The summed E-state index contributed by atoms with van der Waals surface area (Å²) < 4.78 is 1.04. The molecule has 3 N–H and O–H groups in total. The summed E-state index contributed by atoms with van der Waals surface area (Å²) in [5.74, 6) is 0. The van der Waals surface area contributed by atoms with Gasteiger partial charge in [-0.3, -0.25) is 5.43 Å². The predicted octanol–water partition coefficient (Wildman–Crippen LogP) is 4.71. The van der Waals surface area contributed by atoms with E-state index in [0.717, 1.165) is 33.6 Å². The third kappa shape index (κ3) is 4.74. The molecular formula is C18H20BrN3. The van der Waals surface area contributed by atoms with Crippen LogP contribution in [-0.2, 0) is 6.42 Å². The van der Waals surface area contributed by atoms with Crippen molar-refractivity contribution < 1.29 is 0 Å².